The first kappa shape index (κ1) is 25.8. The lowest BCUT2D eigenvalue weighted by atomic mass is 10.1. The van der Waals surface area contributed by atoms with E-state index in [0.717, 1.165) is 30.0 Å². The van der Waals surface area contributed by atoms with Crippen molar-refractivity contribution in [1.82, 2.24) is 25.3 Å². The minimum atomic E-state index is -4.07. The maximum absolute atomic E-state index is 12.7. The quantitative estimate of drug-likeness (QED) is 0.264. The zero-order valence-corrected chi connectivity index (χ0v) is 20.5. The Morgan fingerprint density at radius 2 is 1.95 bits per heavy atom. The van der Waals surface area contributed by atoms with Crippen LogP contribution < -0.4 is 20.9 Å². The molecule has 1 atom stereocenters. The zero-order chi connectivity index (χ0) is 26.3. The van der Waals surface area contributed by atoms with Crippen LogP contribution in [0.2, 0.25) is 0 Å². The first-order chi connectivity index (χ1) is 17.8. The van der Waals surface area contributed by atoms with E-state index >= 15 is 0 Å². The van der Waals surface area contributed by atoms with Crippen molar-refractivity contribution in [2.75, 3.05) is 19.6 Å². The van der Waals surface area contributed by atoms with Crippen LogP contribution >= 0.6 is 0 Å². The maximum atomic E-state index is 12.7. The SMILES string of the molecule is O=C(O)[C@H](Cc1nc2ccc(C=CCNC3=NCCN3)cc2c(=O)[nH]1)NS(=O)(=O)C=Cc1ccccc1. The molecule has 1 aliphatic rings. The predicted molar refractivity (Wildman–Crippen MR) is 142 cm³/mol. The second kappa shape index (κ2) is 11.6. The highest BCUT2D eigenvalue weighted by atomic mass is 32.2. The van der Waals surface area contributed by atoms with Crippen LogP contribution in [0.5, 0.6) is 0 Å². The number of aliphatic imine (C=N–C) groups is 1. The largest absolute Gasteiger partial charge is 0.480 e. The Kier molecular flexibility index (Phi) is 8.11. The molecule has 11 nitrogen and oxygen atoms in total. The van der Waals surface area contributed by atoms with Crippen LogP contribution in [0.15, 0.2) is 69.8 Å². The third-order valence-electron chi connectivity index (χ3n) is 5.39. The fourth-order valence-corrected chi connectivity index (χ4v) is 4.61. The molecule has 37 heavy (non-hydrogen) atoms. The molecule has 2 aromatic carbocycles. The number of carbonyl (C=O) groups is 1. The molecule has 12 heteroatoms. The molecule has 4 rings (SSSR count). The summed E-state index contributed by atoms with van der Waals surface area (Å²) in [6.07, 6.45) is 4.77. The van der Waals surface area contributed by atoms with Gasteiger partial charge >= 0.3 is 5.97 Å². The Bertz CT molecular complexity index is 1530. The Hall–Kier alpha value is -4.29. The number of nitrogens with one attached hydrogen (secondary N) is 4. The lowest BCUT2D eigenvalue weighted by Gasteiger charge is -2.13. The summed E-state index contributed by atoms with van der Waals surface area (Å²) < 4.78 is 27.0. The van der Waals surface area contributed by atoms with E-state index in [2.05, 4.69) is 30.3 Å². The molecule has 0 bridgehead atoms. The van der Waals surface area contributed by atoms with Gasteiger partial charge in [0.05, 0.1) is 17.4 Å². The molecular weight excluding hydrogens is 496 g/mol. The minimum Gasteiger partial charge on any atom is -0.480 e. The third kappa shape index (κ3) is 7.35. The molecule has 0 radical (unpaired) electrons. The summed E-state index contributed by atoms with van der Waals surface area (Å²) in [4.78, 5) is 35.6. The second-order valence-electron chi connectivity index (χ2n) is 8.20. The lowest BCUT2D eigenvalue weighted by Crippen LogP contribution is -2.42. The van der Waals surface area contributed by atoms with E-state index in [1.54, 1.807) is 48.5 Å². The van der Waals surface area contributed by atoms with Gasteiger partial charge in [0.2, 0.25) is 10.0 Å². The first-order valence-electron chi connectivity index (χ1n) is 11.5. The van der Waals surface area contributed by atoms with Gasteiger partial charge in [-0.25, -0.2) is 13.4 Å². The molecule has 0 fully saturated rings. The molecule has 0 spiro atoms. The van der Waals surface area contributed by atoms with Crippen LogP contribution in [-0.4, -0.2) is 61.1 Å². The summed E-state index contributed by atoms with van der Waals surface area (Å²) in [5.41, 5.74) is 1.35. The summed E-state index contributed by atoms with van der Waals surface area (Å²) in [6, 6.07) is 12.3. The Morgan fingerprint density at radius 1 is 1.14 bits per heavy atom. The number of hydrogen-bond donors (Lipinski definition) is 5. The summed E-state index contributed by atoms with van der Waals surface area (Å²) in [6.45, 7) is 2.13. The van der Waals surface area contributed by atoms with Crippen molar-refractivity contribution in [2.45, 2.75) is 12.5 Å². The molecule has 3 aromatic rings. The molecule has 0 saturated heterocycles. The number of fused-ring (bicyclic) bond motifs is 1. The highest BCUT2D eigenvalue weighted by Crippen LogP contribution is 2.13. The summed E-state index contributed by atoms with van der Waals surface area (Å²) >= 11 is 0. The monoisotopic (exact) mass is 522 g/mol. The number of aromatic nitrogens is 2. The molecular formula is C25H26N6O5S. The van der Waals surface area contributed by atoms with E-state index in [0.29, 0.717) is 23.0 Å². The first-order valence-corrected chi connectivity index (χ1v) is 13.0. The number of carboxylic acid groups (broad SMARTS) is 1. The number of nitrogens with zero attached hydrogens (tertiary/aromatic N) is 2. The van der Waals surface area contributed by atoms with Gasteiger partial charge in [-0.1, -0.05) is 48.6 Å². The van der Waals surface area contributed by atoms with Gasteiger partial charge in [0.25, 0.3) is 5.56 Å². The maximum Gasteiger partial charge on any atom is 0.322 e. The van der Waals surface area contributed by atoms with Crippen molar-refractivity contribution in [3.8, 4) is 0 Å². The van der Waals surface area contributed by atoms with E-state index < -0.39 is 27.6 Å². The number of carboxylic acids is 1. The molecule has 0 amide bonds. The van der Waals surface area contributed by atoms with Crippen LogP contribution in [0.4, 0.5) is 0 Å². The second-order valence-corrected chi connectivity index (χ2v) is 9.80. The van der Waals surface area contributed by atoms with Gasteiger partial charge in [0.1, 0.15) is 11.9 Å². The van der Waals surface area contributed by atoms with Crippen LogP contribution in [0.1, 0.15) is 17.0 Å². The van der Waals surface area contributed by atoms with Crippen molar-refractivity contribution in [1.29, 1.82) is 0 Å². The number of H-pyrrole nitrogens is 1. The lowest BCUT2D eigenvalue weighted by molar-refractivity contribution is -0.138. The Balaban J connectivity index is 1.45. The van der Waals surface area contributed by atoms with Crippen LogP contribution in [0, 0.1) is 0 Å². The molecule has 2 heterocycles. The number of aromatic amines is 1. The van der Waals surface area contributed by atoms with E-state index in [4.69, 9.17) is 0 Å². The van der Waals surface area contributed by atoms with Crippen molar-refractivity contribution in [2.24, 2.45) is 4.99 Å². The van der Waals surface area contributed by atoms with Crippen molar-refractivity contribution in [3.63, 3.8) is 0 Å². The van der Waals surface area contributed by atoms with Gasteiger partial charge in [-0.2, -0.15) is 4.72 Å². The molecule has 1 aromatic heterocycles. The minimum absolute atomic E-state index is 0.0527. The number of guanidine groups is 1. The third-order valence-corrected chi connectivity index (χ3v) is 6.50. The molecule has 5 N–H and O–H groups in total. The fraction of sp³-hybridized carbons (Fsp3) is 0.200. The average Bonchev–Trinajstić information content (AvgIpc) is 3.39. The molecule has 0 unspecified atom stereocenters. The zero-order valence-electron chi connectivity index (χ0n) is 19.7. The summed E-state index contributed by atoms with van der Waals surface area (Å²) in [5, 5.41) is 17.1. The predicted octanol–water partition coefficient (Wildman–Crippen LogP) is 1.07. The van der Waals surface area contributed by atoms with Gasteiger partial charge in [0, 0.05) is 24.9 Å². The Labute approximate surface area is 213 Å². The summed E-state index contributed by atoms with van der Waals surface area (Å²) in [7, 11) is -4.07. The van der Waals surface area contributed by atoms with Crippen molar-refractivity contribution in [3.05, 3.63) is 87.3 Å². The van der Waals surface area contributed by atoms with Crippen LogP contribution in [-0.2, 0) is 21.2 Å². The van der Waals surface area contributed by atoms with Gasteiger partial charge in [-0.05, 0) is 29.3 Å². The van der Waals surface area contributed by atoms with Crippen molar-refractivity contribution < 1.29 is 18.3 Å². The Morgan fingerprint density at radius 3 is 2.68 bits per heavy atom. The topological polar surface area (TPSA) is 166 Å². The fourth-order valence-electron chi connectivity index (χ4n) is 3.61. The number of benzene rings is 2. The molecule has 0 aliphatic carbocycles. The summed E-state index contributed by atoms with van der Waals surface area (Å²) in [5.74, 6) is -0.588. The van der Waals surface area contributed by atoms with Crippen LogP contribution in [0.3, 0.4) is 0 Å². The van der Waals surface area contributed by atoms with E-state index in [1.165, 1.54) is 6.08 Å². The molecule has 0 saturated carbocycles. The van der Waals surface area contributed by atoms with E-state index in [1.807, 2.05) is 12.2 Å². The molecule has 192 valence electrons. The van der Waals surface area contributed by atoms with E-state index in [-0.39, 0.29) is 12.2 Å². The highest BCUT2D eigenvalue weighted by Gasteiger charge is 2.24. The van der Waals surface area contributed by atoms with Gasteiger partial charge in [0.15, 0.2) is 5.96 Å². The van der Waals surface area contributed by atoms with Gasteiger partial charge in [-0.3, -0.25) is 14.6 Å². The number of sulfonamides is 1. The normalized spacial score (nSPS) is 14.6. The van der Waals surface area contributed by atoms with Crippen molar-refractivity contribution >= 4 is 45.0 Å². The standard InChI is InChI=1S/C25H26N6O5S/c32-23-19-15-18(7-4-11-26-25-27-12-13-28-25)8-9-20(19)29-22(30-23)16-21(24(33)34)31-37(35,36)14-10-17-5-2-1-3-6-17/h1-10,14-15,21,31H,11-13,16H2,(H,33,34)(H2,26,27,28)(H,29,30,32)/t21-/m0/s1. The van der Waals surface area contributed by atoms with Crippen LogP contribution in [0.25, 0.3) is 23.1 Å². The highest BCUT2D eigenvalue weighted by molar-refractivity contribution is 7.92. The van der Waals surface area contributed by atoms with Gasteiger partial charge in [-0.15, -0.1) is 0 Å². The number of rotatable bonds is 10. The van der Waals surface area contributed by atoms with E-state index in [9.17, 15) is 23.1 Å². The smallest absolute Gasteiger partial charge is 0.322 e. The average molecular weight is 523 g/mol. The number of aliphatic carboxylic acids is 1. The molecule has 1 aliphatic heterocycles. The number of hydrogen-bond acceptors (Lipinski definition) is 8. The van der Waals surface area contributed by atoms with Gasteiger partial charge < -0.3 is 20.7 Å².